The van der Waals surface area contributed by atoms with Crippen molar-refractivity contribution in [1.29, 1.82) is 0 Å². The van der Waals surface area contributed by atoms with Gasteiger partial charge >= 0.3 is 0 Å². The average Bonchev–Trinajstić information content (AvgIpc) is 2.75. The Balaban J connectivity index is 2.03. The summed E-state index contributed by atoms with van der Waals surface area (Å²) in [4.78, 5) is 15.1. The predicted octanol–water partition coefficient (Wildman–Crippen LogP) is 3.63. The van der Waals surface area contributed by atoms with Crippen LogP contribution in [0.1, 0.15) is 5.56 Å². The average molecular weight is 255 g/mol. The number of fused-ring (bicyclic) bond motifs is 1. The first-order chi connectivity index (χ1) is 8.79. The van der Waals surface area contributed by atoms with Crippen LogP contribution in [0.2, 0.25) is 0 Å². The van der Waals surface area contributed by atoms with Crippen LogP contribution in [-0.2, 0) is 11.2 Å². The van der Waals surface area contributed by atoms with E-state index in [1.807, 2.05) is 54.8 Å². The number of benzene rings is 2. The van der Waals surface area contributed by atoms with Gasteiger partial charge in [0.2, 0.25) is 5.91 Å². The molecule has 1 amide bonds. The number of carbonyl (C=O) groups is 1. The molecule has 0 radical (unpaired) electrons. The van der Waals surface area contributed by atoms with Crippen LogP contribution in [0.25, 0.3) is 0 Å². The molecule has 1 aliphatic rings. The predicted molar refractivity (Wildman–Crippen MR) is 75.5 cm³/mol. The molecule has 0 aromatic heterocycles. The Bertz CT molecular complexity index is 592. The summed E-state index contributed by atoms with van der Waals surface area (Å²) in [5.41, 5.74) is 3.07. The van der Waals surface area contributed by atoms with Crippen LogP contribution in [0.3, 0.4) is 0 Å². The zero-order chi connectivity index (χ0) is 12.5. The highest BCUT2D eigenvalue weighted by atomic mass is 32.2. The lowest BCUT2D eigenvalue weighted by Crippen LogP contribution is -2.20. The quantitative estimate of drug-likeness (QED) is 0.764. The molecule has 2 aromatic rings. The fourth-order valence-electron chi connectivity index (χ4n) is 2.27. The molecule has 0 bridgehead atoms. The standard InChI is InChI=1S/C15H13NOS/c1-18-13-8-6-12(7-9-13)16-14-5-3-2-4-11(14)10-15(16)17/h2-9H,10H2,1H3. The van der Waals surface area contributed by atoms with Crippen LogP contribution in [-0.4, -0.2) is 12.2 Å². The van der Waals surface area contributed by atoms with Crippen molar-refractivity contribution in [3.05, 3.63) is 54.1 Å². The van der Waals surface area contributed by atoms with Gasteiger partial charge in [-0.15, -0.1) is 11.8 Å². The lowest BCUT2D eigenvalue weighted by atomic mass is 10.2. The molecule has 0 atom stereocenters. The number of thioether (sulfide) groups is 1. The summed E-state index contributed by atoms with van der Waals surface area (Å²) in [7, 11) is 0. The van der Waals surface area contributed by atoms with Crippen LogP contribution in [0.15, 0.2) is 53.4 Å². The van der Waals surface area contributed by atoms with E-state index in [2.05, 4.69) is 0 Å². The molecule has 3 rings (SSSR count). The summed E-state index contributed by atoms with van der Waals surface area (Å²) in [6.07, 6.45) is 2.55. The van der Waals surface area contributed by atoms with Gasteiger partial charge in [-0.2, -0.15) is 0 Å². The summed E-state index contributed by atoms with van der Waals surface area (Å²) in [6.45, 7) is 0. The third-order valence-corrected chi connectivity index (χ3v) is 3.90. The van der Waals surface area contributed by atoms with E-state index in [-0.39, 0.29) is 5.91 Å². The molecular weight excluding hydrogens is 242 g/mol. The number of nitrogens with zero attached hydrogens (tertiary/aromatic N) is 1. The second-order valence-corrected chi connectivity index (χ2v) is 5.11. The monoisotopic (exact) mass is 255 g/mol. The fourth-order valence-corrected chi connectivity index (χ4v) is 2.68. The highest BCUT2D eigenvalue weighted by Crippen LogP contribution is 2.35. The van der Waals surface area contributed by atoms with Crippen LogP contribution >= 0.6 is 11.8 Å². The summed E-state index contributed by atoms with van der Waals surface area (Å²) in [5.74, 6) is 0.146. The van der Waals surface area contributed by atoms with Gasteiger partial charge < -0.3 is 0 Å². The van der Waals surface area contributed by atoms with Gasteiger partial charge in [0.05, 0.1) is 12.1 Å². The van der Waals surface area contributed by atoms with E-state index in [9.17, 15) is 4.79 Å². The van der Waals surface area contributed by atoms with E-state index in [0.717, 1.165) is 16.9 Å². The van der Waals surface area contributed by atoms with Crippen molar-refractivity contribution in [3.8, 4) is 0 Å². The molecule has 18 heavy (non-hydrogen) atoms. The Kier molecular flexibility index (Phi) is 2.84. The first kappa shape index (κ1) is 11.4. The van der Waals surface area contributed by atoms with Crippen molar-refractivity contribution in [2.75, 3.05) is 11.2 Å². The number of anilines is 2. The molecule has 2 nitrogen and oxygen atoms in total. The van der Waals surface area contributed by atoms with E-state index in [1.165, 1.54) is 4.90 Å². The van der Waals surface area contributed by atoms with Gasteiger partial charge in [0.1, 0.15) is 0 Å². The Morgan fingerprint density at radius 3 is 2.50 bits per heavy atom. The van der Waals surface area contributed by atoms with E-state index >= 15 is 0 Å². The van der Waals surface area contributed by atoms with Crippen molar-refractivity contribution < 1.29 is 4.79 Å². The Morgan fingerprint density at radius 1 is 1.06 bits per heavy atom. The first-order valence-electron chi connectivity index (χ1n) is 5.84. The molecular formula is C15H13NOS. The zero-order valence-corrected chi connectivity index (χ0v) is 10.9. The smallest absolute Gasteiger partial charge is 0.236 e. The topological polar surface area (TPSA) is 20.3 Å². The van der Waals surface area contributed by atoms with Gasteiger partial charge in [-0.05, 0) is 42.2 Å². The lowest BCUT2D eigenvalue weighted by Gasteiger charge is -2.17. The summed E-state index contributed by atoms with van der Waals surface area (Å²) in [6, 6.07) is 16.1. The summed E-state index contributed by atoms with van der Waals surface area (Å²) >= 11 is 1.70. The number of hydrogen-bond donors (Lipinski definition) is 0. The van der Waals surface area contributed by atoms with Crippen LogP contribution in [0.5, 0.6) is 0 Å². The molecule has 0 saturated carbocycles. The zero-order valence-electron chi connectivity index (χ0n) is 10.1. The molecule has 2 aromatic carbocycles. The molecule has 3 heteroatoms. The maximum Gasteiger partial charge on any atom is 0.236 e. The number of para-hydroxylation sites is 1. The molecule has 0 saturated heterocycles. The van der Waals surface area contributed by atoms with E-state index in [0.29, 0.717) is 6.42 Å². The first-order valence-corrected chi connectivity index (χ1v) is 7.07. The maximum absolute atomic E-state index is 12.1. The molecule has 0 fully saturated rings. The largest absolute Gasteiger partial charge is 0.280 e. The van der Waals surface area contributed by atoms with Crippen molar-refractivity contribution >= 4 is 29.0 Å². The minimum Gasteiger partial charge on any atom is -0.280 e. The molecule has 1 aliphatic heterocycles. The maximum atomic E-state index is 12.1. The van der Waals surface area contributed by atoms with Crippen LogP contribution in [0, 0.1) is 0 Å². The highest BCUT2D eigenvalue weighted by molar-refractivity contribution is 7.98. The van der Waals surface area contributed by atoms with Gasteiger partial charge in [0.25, 0.3) is 0 Å². The Hall–Kier alpha value is -1.74. The minimum absolute atomic E-state index is 0.146. The molecule has 90 valence electrons. The molecule has 0 spiro atoms. The van der Waals surface area contributed by atoms with Crippen molar-refractivity contribution in [3.63, 3.8) is 0 Å². The third-order valence-electron chi connectivity index (χ3n) is 3.15. The van der Waals surface area contributed by atoms with Gasteiger partial charge in [-0.3, -0.25) is 9.69 Å². The SMILES string of the molecule is CSc1ccc(N2C(=O)Cc3ccccc32)cc1. The number of carbonyl (C=O) groups excluding carboxylic acids is 1. The fraction of sp³-hybridized carbons (Fsp3) is 0.133. The summed E-state index contributed by atoms with van der Waals surface area (Å²) < 4.78 is 0. The normalized spacial score (nSPS) is 13.8. The number of hydrogen-bond acceptors (Lipinski definition) is 2. The number of rotatable bonds is 2. The van der Waals surface area contributed by atoms with Crippen molar-refractivity contribution in [2.45, 2.75) is 11.3 Å². The van der Waals surface area contributed by atoms with Crippen LogP contribution < -0.4 is 4.90 Å². The Morgan fingerprint density at radius 2 is 1.78 bits per heavy atom. The molecule has 0 N–H and O–H groups in total. The summed E-state index contributed by atoms with van der Waals surface area (Å²) in [5, 5.41) is 0. The second-order valence-electron chi connectivity index (χ2n) is 4.23. The van der Waals surface area contributed by atoms with Gasteiger partial charge in [-0.1, -0.05) is 18.2 Å². The molecule has 1 heterocycles. The number of amides is 1. The van der Waals surface area contributed by atoms with E-state index in [1.54, 1.807) is 16.7 Å². The highest BCUT2D eigenvalue weighted by Gasteiger charge is 2.27. The van der Waals surface area contributed by atoms with E-state index in [4.69, 9.17) is 0 Å². The molecule has 0 aliphatic carbocycles. The van der Waals surface area contributed by atoms with Gasteiger partial charge in [0.15, 0.2) is 0 Å². The lowest BCUT2D eigenvalue weighted by molar-refractivity contribution is -0.116. The van der Waals surface area contributed by atoms with E-state index < -0.39 is 0 Å². The van der Waals surface area contributed by atoms with Gasteiger partial charge in [-0.25, -0.2) is 0 Å². The van der Waals surface area contributed by atoms with Gasteiger partial charge in [0, 0.05) is 10.6 Å². The van der Waals surface area contributed by atoms with Crippen molar-refractivity contribution in [1.82, 2.24) is 0 Å². The molecule has 0 unspecified atom stereocenters. The Labute approximate surface area is 111 Å². The van der Waals surface area contributed by atoms with Crippen LogP contribution in [0.4, 0.5) is 11.4 Å². The van der Waals surface area contributed by atoms with Crippen molar-refractivity contribution in [2.24, 2.45) is 0 Å². The minimum atomic E-state index is 0.146. The third kappa shape index (κ3) is 1.81. The second kappa shape index (κ2) is 4.50.